The molecular weight excluding hydrogens is 301 g/mol. The van der Waals surface area contributed by atoms with Crippen LogP contribution in [0.5, 0.6) is 0 Å². The molecule has 1 aliphatic rings. The predicted molar refractivity (Wildman–Crippen MR) is 96.8 cm³/mol. The van der Waals surface area contributed by atoms with E-state index in [1.54, 1.807) is 12.1 Å². The Balaban J connectivity index is 1.87. The first-order valence-electron chi connectivity index (χ1n) is 8.30. The number of hydrogen-bond acceptors (Lipinski definition) is 3. The topological polar surface area (TPSA) is 19.4 Å². The molecule has 24 heavy (non-hydrogen) atoms. The Morgan fingerprint density at radius 2 is 1.62 bits per heavy atom. The van der Waals surface area contributed by atoms with Crippen LogP contribution in [-0.2, 0) is 0 Å². The first-order valence-corrected chi connectivity index (χ1v) is 8.30. The summed E-state index contributed by atoms with van der Waals surface area (Å²) < 4.78 is 14.2. The van der Waals surface area contributed by atoms with Crippen LogP contribution in [0.25, 0.3) is 22.2 Å². The standard InChI is InChI=1S/C20H20FN3/c1-23-10-12-24(13-11-23)20-14-19(15-6-2-4-8-17(15)21)22-18-9-5-3-7-16(18)20/h2-9,14H,10-13H2,1H3. The van der Waals surface area contributed by atoms with Crippen molar-refractivity contribution in [1.82, 2.24) is 9.88 Å². The third-order valence-corrected chi connectivity index (χ3v) is 4.69. The van der Waals surface area contributed by atoms with Gasteiger partial charge >= 0.3 is 0 Å². The Labute approximate surface area is 141 Å². The van der Waals surface area contributed by atoms with Gasteiger partial charge < -0.3 is 9.80 Å². The van der Waals surface area contributed by atoms with Crippen molar-refractivity contribution < 1.29 is 4.39 Å². The van der Waals surface area contributed by atoms with Gasteiger partial charge in [-0.3, -0.25) is 0 Å². The number of anilines is 1. The lowest BCUT2D eigenvalue weighted by Crippen LogP contribution is -2.44. The molecule has 4 heteroatoms. The number of rotatable bonds is 2. The average molecular weight is 321 g/mol. The maximum Gasteiger partial charge on any atom is 0.132 e. The molecule has 0 N–H and O–H groups in total. The average Bonchev–Trinajstić information content (AvgIpc) is 2.62. The van der Waals surface area contributed by atoms with Gasteiger partial charge in [-0.15, -0.1) is 0 Å². The quantitative estimate of drug-likeness (QED) is 0.716. The molecule has 0 unspecified atom stereocenters. The smallest absolute Gasteiger partial charge is 0.132 e. The number of para-hydroxylation sites is 1. The van der Waals surface area contributed by atoms with E-state index in [0.29, 0.717) is 11.3 Å². The highest BCUT2D eigenvalue weighted by atomic mass is 19.1. The fraction of sp³-hybridized carbons (Fsp3) is 0.250. The zero-order chi connectivity index (χ0) is 16.5. The maximum atomic E-state index is 14.2. The normalized spacial score (nSPS) is 15.8. The molecule has 0 atom stereocenters. The van der Waals surface area contributed by atoms with Crippen molar-refractivity contribution in [2.24, 2.45) is 0 Å². The van der Waals surface area contributed by atoms with Crippen LogP contribution in [0.3, 0.4) is 0 Å². The van der Waals surface area contributed by atoms with E-state index < -0.39 is 0 Å². The van der Waals surface area contributed by atoms with Crippen LogP contribution < -0.4 is 4.90 Å². The molecule has 4 rings (SSSR count). The summed E-state index contributed by atoms with van der Waals surface area (Å²) in [7, 11) is 2.15. The van der Waals surface area contributed by atoms with E-state index in [4.69, 9.17) is 4.98 Å². The van der Waals surface area contributed by atoms with Gasteiger partial charge in [0.1, 0.15) is 5.82 Å². The summed E-state index contributed by atoms with van der Waals surface area (Å²) in [6.45, 7) is 4.01. The number of aromatic nitrogens is 1. The molecular formula is C20H20FN3. The lowest BCUT2D eigenvalue weighted by molar-refractivity contribution is 0.313. The van der Waals surface area contributed by atoms with Crippen molar-refractivity contribution >= 4 is 16.6 Å². The number of fused-ring (bicyclic) bond motifs is 1. The monoisotopic (exact) mass is 321 g/mol. The van der Waals surface area contributed by atoms with E-state index >= 15 is 0 Å². The van der Waals surface area contributed by atoms with Crippen molar-refractivity contribution in [3.05, 3.63) is 60.4 Å². The first-order chi connectivity index (χ1) is 11.7. The third kappa shape index (κ3) is 2.74. The molecule has 0 saturated carbocycles. The third-order valence-electron chi connectivity index (χ3n) is 4.69. The summed E-state index contributed by atoms with van der Waals surface area (Å²) in [6.07, 6.45) is 0. The lowest BCUT2D eigenvalue weighted by atomic mass is 10.1. The van der Waals surface area contributed by atoms with Gasteiger partial charge in [0.2, 0.25) is 0 Å². The zero-order valence-electron chi connectivity index (χ0n) is 13.7. The van der Waals surface area contributed by atoms with E-state index in [-0.39, 0.29) is 5.82 Å². The molecule has 0 aliphatic carbocycles. The van der Waals surface area contributed by atoms with E-state index in [0.717, 1.165) is 42.8 Å². The number of piperazine rings is 1. The van der Waals surface area contributed by atoms with E-state index in [1.807, 2.05) is 30.3 Å². The van der Waals surface area contributed by atoms with Gasteiger partial charge in [0.25, 0.3) is 0 Å². The van der Waals surface area contributed by atoms with Crippen molar-refractivity contribution in [3.63, 3.8) is 0 Å². The zero-order valence-corrected chi connectivity index (χ0v) is 13.7. The van der Waals surface area contributed by atoms with Crippen molar-refractivity contribution in [3.8, 4) is 11.3 Å². The summed E-state index contributed by atoms with van der Waals surface area (Å²) in [5.41, 5.74) is 3.30. The number of halogens is 1. The van der Waals surface area contributed by atoms with Crippen molar-refractivity contribution in [2.45, 2.75) is 0 Å². The van der Waals surface area contributed by atoms with Gasteiger partial charge in [0.05, 0.1) is 11.2 Å². The van der Waals surface area contributed by atoms with Gasteiger partial charge in [0.15, 0.2) is 0 Å². The van der Waals surface area contributed by atoms with Crippen LogP contribution in [0.4, 0.5) is 10.1 Å². The maximum absolute atomic E-state index is 14.2. The number of hydrogen-bond donors (Lipinski definition) is 0. The molecule has 1 saturated heterocycles. The van der Waals surface area contributed by atoms with Crippen LogP contribution in [-0.4, -0.2) is 43.1 Å². The number of pyridine rings is 1. The minimum atomic E-state index is -0.232. The Morgan fingerprint density at radius 1 is 0.917 bits per heavy atom. The first kappa shape index (κ1) is 15.1. The predicted octanol–water partition coefficient (Wildman–Crippen LogP) is 3.79. The largest absolute Gasteiger partial charge is 0.368 e. The van der Waals surface area contributed by atoms with Crippen LogP contribution in [0.1, 0.15) is 0 Å². The fourth-order valence-electron chi connectivity index (χ4n) is 3.27. The SMILES string of the molecule is CN1CCN(c2cc(-c3ccccc3F)nc3ccccc23)CC1. The molecule has 3 aromatic rings. The molecule has 1 aromatic heterocycles. The fourth-order valence-corrected chi connectivity index (χ4v) is 3.27. The molecule has 1 aliphatic heterocycles. The van der Waals surface area contributed by atoms with E-state index in [2.05, 4.69) is 22.9 Å². The summed E-state index contributed by atoms with van der Waals surface area (Å²) in [6, 6.07) is 17.0. The summed E-state index contributed by atoms with van der Waals surface area (Å²) in [4.78, 5) is 9.41. The van der Waals surface area contributed by atoms with Crippen LogP contribution in [0.15, 0.2) is 54.6 Å². The lowest BCUT2D eigenvalue weighted by Gasteiger charge is -2.34. The van der Waals surface area contributed by atoms with E-state index in [1.165, 1.54) is 6.07 Å². The highest BCUT2D eigenvalue weighted by Crippen LogP contribution is 2.32. The van der Waals surface area contributed by atoms with Crippen LogP contribution >= 0.6 is 0 Å². The van der Waals surface area contributed by atoms with Gasteiger partial charge in [-0.2, -0.15) is 0 Å². The Kier molecular flexibility index (Phi) is 3.90. The number of likely N-dealkylation sites (N-methyl/N-ethyl adjacent to an activating group) is 1. The van der Waals surface area contributed by atoms with E-state index in [9.17, 15) is 4.39 Å². The summed E-state index contributed by atoms with van der Waals surface area (Å²) in [5.74, 6) is -0.232. The van der Waals surface area contributed by atoms with Crippen LogP contribution in [0.2, 0.25) is 0 Å². The molecule has 122 valence electrons. The van der Waals surface area contributed by atoms with Crippen molar-refractivity contribution in [2.75, 3.05) is 38.1 Å². The number of nitrogens with zero attached hydrogens (tertiary/aromatic N) is 3. The molecule has 2 aromatic carbocycles. The molecule has 0 radical (unpaired) electrons. The van der Waals surface area contributed by atoms with Gasteiger partial charge in [-0.25, -0.2) is 9.37 Å². The Morgan fingerprint density at radius 3 is 2.42 bits per heavy atom. The second-order valence-corrected chi connectivity index (χ2v) is 6.31. The molecule has 3 nitrogen and oxygen atoms in total. The Bertz CT molecular complexity index is 870. The minimum Gasteiger partial charge on any atom is -0.368 e. The second kappa shape index (κ2) is 6.21. The highest BCUT2D eigenvalue weighted by molar-refractivity contribution is 5.94. The molecule has 0 amide bonds. The van der Waals surface area contributed by atoms with Crippen LogP contribution in [0, 0.1) is 5.82 Å². The van der Waals surface area contributed by atoms with Gasteiger partial charge in [0, 0.05) is 42.8 Å². The molecule has 0 bridgehead atoms. The number of benzene rings is 2. The van der Waals surface area contributed by atoms with Gasteiger partial charge in [-0.05, 0) is 31.3 Å². The molecule has 2 heterocycles. The van der Waals surface area contributed by atoms with Gasteiger partial charge in [-0.1, -0.05) is 30.3 Å². The molecule has 0 spiro atoms. The summed E-state index contributed by atoms with van der Waals surface area (Å²) in [5, 5.41) is 1.13. The minimum absolute atomic E-state index is 0.232. The highest BCUT2D eigenvalue weighted by Gasteiger charge is 2.18. The van der Waals surface area contributed by atoms with Crippen molar-refractivity contribution in [1.29, 1.82) is 0 Å². The summed E-state index contributed by atoms with van der Waals surface area (Å²) >= 11 is 0. The second-order valence-electron chi connectivity index (χ2n) is 6.31. The Hall–Kier alpha value is -2.46. The molecule has 1 fully saturated rings.